The van der Waals surface area contributed by atoms with Gasteiger partial charge >= 0.3 is 6.18 Å². The minimum absolute atomic E-state index is 0.142. The first kappa shape index (κ1) is 15.8. The molecule has 0 aliphatic carbocycles. The Bertz CT molecular complexity index is 599. The average Bonchev–Trinajstić information content (AvgIpc) is 2.76. The van der Waals surface area contributed by atoms with Crippen LogP contribution in [0, 0.1) is 0 Å². The van der Waals surface area contributed by atoms with Crippen molar-refractivity contribution < 1.29 is 13.2 Å². The first-order valence-electron chi connectivity index (χ1n) is 5.57. The van der Waals surface area contributed by atoms with Crippen LogP contribution in [0.1, 0.15) is 10.4 Å². The van der Waals surface area contributed by atoms with Crippen LogP contribution in [0.4, 0.5) is 19.0 Å². The van der Waals surface area contributed by atoms with Gasteiger partial charge in [0.2, 0.25) is 0 Å². The van der Waals surface area contributed by atoms with Gasteiger partial charge in [-0.05, 0) is 56.5 Å². The molecule has 2 nitrogen and oxygen atoms in total. The Hall–Kier alpha value is -0.600. The molecule has 0 saturated heterocycles. The van der Waals surface area contributed by atoms with Crippen molar-refractivity contribution in [1.29, 1.82) is 0 Å². The molecule has 0 saturated carbocycles. The molecule has 0 unspecified atom stereocenters. The van der Waals surface area contributed by atoms with Crippen molar-refractivity contribution in [3.8, 4) is 0 Å². The van der Waals surface area contributed by atoms with Gasteiger partial charge in [-0.15, -0.1) is 11.3 Å². The van der Waals surface area contributed by atoms with Crippen LogP contribution >= 0.6 is 43.2 Å². The maximum atomic E-state index is 12.9. The lowest BCUT2D eigenvalue weighted by atomic mass is 10.2. The van der Waals surface area contributed by atoms with Crippen molar-refractivity contribution in [3.05, 3.63) is 43.1 Å². The summed E-state index contributed by atoms with van der Waals surface area (Å²) in [4.78, 5) is 4.89. The lowest BCUT2D eigenvalue weighted by Crippen LogP contribution is -2.14. The van der Waals surface area contributed by atoms with Gasteiger partial charge in [0.25, 0.3) is 0 Å². The summed E-state index contributed by atoms with van der Waals surface area (Å²) in [7, 11) is 0. The third-order valence-corrected chi connectivity index (χ3v) is 4.57. The maximum Gasteiger partial charge on any atom is 0.419 e. The van der Waals surface area contributed by atoms with Crippen LogP contribution in [-0.4, -0.2) is 11.5 Å². The van der Waals surface area contributed by atoms with Crippen molar-refractivity contribution in [1.82, 2.24) is 4.98 Å². The predicted octanol–water partition coefficient (Wildman–Crippen LogP) is 5.34. The molecule has 0 bridgehead atoms. The molecular formula is C12H9Br2F3N2S. The zero-order valence-corrected chi connectivity index (χ0v) is 14.0. The monoisotopic (exact) mass is 428 g/mol. The molecule has 0 aliphatic heterocycles. The van der Waals surface area contributed by atoms with E-state index in [-0.39, 0.29) is 5.82 Å². The zero-order valence-electron chi connectivity index (χ0n) is 9.97. The molecule has 0 fully saturated rings. The third kappa shape index (κ3) is 4.20. The van der Waals surface area contributed by atoms with E-state index in [1.807, 2.05) is 12.1 Å². The number of aromatic nitrogens is 1. The number of nitrogens with one attached hydrogen (secondary N) is 1. The summed E-state index contributed by atoms with van der Waals surface area (Å²) in [5.41, 5.74) is -0.765. The normalized spacial score (nSPS) is 11.7. The average molecular weight is 430 g/mol. The van der Waals surface area contributed by atoms with Crippen LogP contribution in [0.3, 0.4) is 0 Å². The van der Waals surface area contributed by atoms with Crippen LogP contribution in [0.5, 0.6) is 0 Å². The highest BCUT2D eigenvalue weighted by atomic mass is 79.9. The van der Waals surface area contributed by atoms with E-state index in [1.54, 1.807) is 11.3 Å². The Morgan fingerprint density at radius 2 is 2.00 bits per heavy atom. The maximum absolute atomic E-state index is 12.9. The summed E-state index contributed by atoms with van der Waals surface area (Å²) in [6.45, 7) is 0.394. The van der Waals surface area contributed by atoms with E-state index in [0.29, 0.717) is 17.4 Å². The smallest absolute Gasteiger partial charge is 0.369 e. The number of thiophene rings is 1. The van der Waals surface area contributed by atoms with Gasteiger partial charge in [-0.3, -0.25) is 0 Å². The van der Waals surface area contributed by atoms with Gasteiger partial charge in [0.1, 0.15) is 5.82 Å². The first-order chi connectivity index (χ1) is 9.36. The molecule has 20 heavy (non-hydrogen) atoms. The van der Waals surface area contributed by atoms with Gasteiger partial charge in [0.15, 0.2) is 0 Å². The van der Waals surface area contributed by atoms with Crippen molar-refractivity contribution in [3.63, 3.8) is 0 Å². The lowest BCUT2D eigenvalue weighted by Gasteiger charge is -2.13. The predicted molar refractivity (Wildman–Crippen MR) is 81.2 cm³/mol. The number of pyridine rings is 1. The quantitative estimate of drug-likeness (QED) is 0.709. The molecule has 2 heterocycles. The third-order valence-electron chi connectivity index (χ3n) is 2.45. The van der Waals surface area contributed by atoms with E-state index < -0.39 is 11.7 Å². The van der Waals surface area contributed by atoms with Crippen LogP contribution < -0.4 is 5.32 Å². The molecule has 0 atom stereocenters. The molecule has 0 spiro atoms. The Morgan fingerprint density at radius 3 is 2.60 bits per heavy atom. The number of anilines is 1. The van der Waals surface area contributed by atoms with Crippen LogP contribution in [-0.2, 0) is 12.6 Å². The molecule has 1 N–H and O–H groups in total. The lowest BCUT2D eigenvalue weighted by molar-refractivity contribution is -0.137. The van der Waals surface area contributed by atoms with E-state index in [1.165, 1.54) is 6.20 Å². The van der Waals surface area contributed by atoms with E-state index >= 15 is 0 Å². The molecule has 2 aromatic rings. The largest absolute Gasteiger partial charge is 0.419 e. The molecule has 8 heteroatoms. The van der Waals surface area contributed by atoms with Crippen molar-refractivity contribution >= 4 is 49.0 Å². The second kappa shape index (κ2) is 6.44. The van der Waals surface area contributed by atoms with Gasteiger partial charge < -0.3 is 5.32 Å². The van der Waals surface area contributed by atoms with Crippen molar-refractivity contribution in [2.24, 2.45) is 0 Å². The molecule has 2 rings (SSSR count). The molecule has 108 valence electrons. The van der Waals surface area contributed by atoms with E-state index in [9.17, 15) is 13.2 Å². The van der Waals surface area contributed by atoms with Gasteiger partial charge in [0.05, 0.1) is 9.35 Å². The summed E-state index contributed by atoms with van der Waals surface area (Å²) < 4.78 is 39.9. The van der Waals surface area contributed by atoms with E-state index in [4.69, 9.17) is 0 Å². The van der Waals surface area contributed by atoms with Gasteiger partial charge in [-0.25, -0.2) is 4.98 Å². The number of hydrogen-bond donors (Lipinski definition) is 1. The summed E-state index contributed by atoms with van der Waals surface area (Å²) >= 11 is 7.91. The fourth-order valence-corrected chi connectivity index (χ4v) is 3.40. The minimum Gasteiger partial charge on any atom is -0.369 e. The highest BCUT2D eigenvalue weighted by molar-refractivity contribution is 9.11. The van der Waals surface area contributed by atoms with Crippen molar-refractivity contribution in [2.75, 3.05) is 11.9 Å². The fraction of sp³-hybridized carbons (Fsp3) is 0.250. The van der Waals surface area contributed by atoms with Gasteiger partial charge in [0, 0.05) is 22.1 Å². The summed E-state index contributed by atoms with van der Waals surface area (Å²) in [6, 6.07) is 4.88. The van der Waals surface area contributed by atoms with Gasteiger partial charge in [-0.1, -0.05) is 0 Å². The topological polar surface area (TPSA) is 24.9 Å². The SMILES string of the molecule is FC(F)(F)c1cc(Br)cnc1NCCc1ccc(Br)s1. The number of hydrogen-bond acceptors (Lipinski definition) is 3. The first-order valence-corrected chi connectivity index (χ1v) is 7.97. The molecule has 2 aromatic heterocycles. The molecular weight excluding hydrogens is 421 g/mol. The minimum atomic E-state index is -4.43. The standard InChI is InChI=1S/C12H9Br2F3N2S/c13-7-5-9(12(15,16)17)11(19-6-7)18-4-3-8-1-2-10(14)20-8/h1-2,5-6H,3-4H2,(H,18,19). The molecule has 0 aliphatic rings. The summed E-state index contributed by atoms with van der Waals surface area (Å²) in [5.74, 6) is -0.142. The number of alkyl halides is 3. The zero-order chi connectivity index (χ0) is 14.8. The van der Waals surface area contributed by atoms with Crippen LogP contribution in [0.25, 0.3) is 0 Å². The molecule has 0 amide bonds. The Kier molecular flexibility index (Phi) is 5.09. The number of halogens is 5. The van der Waals surface area contributed by atoms with E-state index in [2.05, 4.69) is 42.2 Å². The van der Waals surface area contributed by atoms with Crippen LogP contribution in [0.2, 0.25) is 0 Å². The van der Waals surface area contributed by atoms with E-state index in [0.717, 1.165) is 14.7 Å². The second-order valence-corrected chi connectivity index (χ2v) is 7.39. The van der Waals surface area contributed by atoms with Crippen LogP contribution in [0.15, 0.2) is 32.7 Å². The summed E-state index contributed by atoms with van der Waals surface area (Å²) in [6.07, 6.45) is -2.43. The van der Waals surface area contributed by atoms with Gasteiger partial charge in [-0.2, -0.15) is 13.2 Å². The highest BCUT2D eigenvalue weighted by Crippen LogP contribution is 2.35. The van der Waals surface area contributed by atoms with Crippen molar-refractivity contribution in [2.45, 2.75) is 12.6 Å². The fourth-order valence-electron chi connectivity index (χ4n) is 1.59. The Balaban J connectivity index is 2.06. The second-order valence-electron chi connectivity index (χ2n) is 3.93. The highest BCUT2D eigenvalue weighted by Gasteiger charge is 2.34. The molecule has 0 radical (unpaired) electrons. The Labute approximate surface area is 134 Å². The number of nitrogens with zero attached hydrogens (tertiary/aromatic N) is 1. The Morgan fingerprint density at radius 1 is 1.25 bits per heavy atom. The molecule has 0 aromatic carbocycles. The number of rotatable bonds is 4. The summed E-state index contributed by atoms with van der Waals surface area (Å²) in [5, 5.41) is 2.74.